The van der Waals surface area contributed by atoms with Crippen LogP contribution in [0, 0.1) is 15.9 Å². The Kier molecular flexibility index (Phi) is 4.90. The van der Waals surface area contributed by atoms with Crippen LogP contribution in [-0.2, 0) is 0 Å². The largest absolute Gasteiger partial charge is 0.337 e. The molecule has 1 fully saturated rings. The second kappa shape index (κ2) is 7.66. The average Bonchev–Trinajstić information content (AvgIpc) is 3.38. The number of urea groups is 1. The van der Waals surface area contributed by atoms with E-state index in [1.54, 1.807) is 17.0 Å². The summed E-state index contributed by atoms with van der Waals surface area (Å²) in [7, 11) is 0. The maximum Gasteiger partial charge on any atom is 0.322 e. The number of nitrogens with zero attached hydrogens (tertiary/aromatic N) is 4. The topological polar surface area (TPSA) is 114 Å². The summed E-state index contributed by atoms with van der Waals surface area (Å²) in [6, 6.07) is 10.6. The molecule has 0 saturated carbocycles. The van der Waals surface area contributed by atoms with Gasteiger partial charge in [0.25, 0.3) is 5.69 Å². The first kappa shape index (κ1) is 18.5. The van der Waals surface area contributed by atoms with Crippen LogP contribution < -0.4 is 5.32 Å². The molecule has 2 heterocycles. The fraction of sp³-hybridized carbons (Fsp3) is 0.211. The Balaban J connectivity index is 1.48. The molecule has 2 amide bonds. The summed E-state index contributed by atoms with van der Waals surface area (Å²) < 4.78 is 18.4. The molecule has 1 atom stereocenters. The van der Waals surface area contributed by atoms with Gasteiger partial charge in [0.2, 0.25) is 11.7 Å². The summed E-state index contributed by atoms with van der Waals surface area (Å²) in [5, 5.41) is 17.4. The maximum atomic E-state index is 13.1. The van der Waals surface area contributed by atoms with Gasteiger partial charge < -0.3 is 14.7 Å². The fourth-order valence-corrected chi connectivity index (χ4v) is 3.22. The van der Waals surface area contributed by atoms with E-state index in [2.05, 4.69) is 15.5 Å². The van der Waals surface area contributed by atoms with Crippen LogP contribution in [0.3, 0.4) is 0 Å². The van der Waals surface area contributed by atoms with Gasteiger partial charge in [0.1, 0.15) is 11.9 Å². The van der Waals surface area contributed by atoms with Crippen LogP contribution in [0.5, 0.6) is 0 Å². The van der Waals surface area contributed by atoms with Gasteiger partial charge in [-0.15, -0.1) is 0 Å². The molecule has 1 aromatic heterocycles. The molecule has 4 rings (SSSR count). The second-order valence-corrected chi connectivity index (χ2v) is 6.55. The van der Waals surface area contributed by atoms with E-state index in [-0.39, 0.29) is 23.6 Å². The molecule has 1 saturated heterocycles. The van der Waals surface area contributed by atoms with Gasteiger partial charge in [-0.1, -0.05) is 5.16 Å². The summed E-state index contributed by atoms with van der Waals surface area (Å²) in [6.07, 6.45) is 1.44. The monoisotopic (exact) mass is 397 g/mol. The average molecular weight is 397 g/mol. The van der Waals surface area contributed by atoms with Gasteiger partial charge in [-0.05, 0) is 49.2 Å². The van der Waals surface area contributed by atoms with Crippen molar-refractivity contribution in [1.29, 1.82) is 0 Å². The molecular formula is C19H16FN5O4. The Bertz CT molecular complexity index is 1040. The molecule has 1 N–H and O–H groups in total. The zero-order valence-corrected chi connectivity index (χ0v) is 15.1. The van der Waals surface area contributed by atoms with E-state index in [9.17, 15) is 19.3 Å². The van der Waals surface area contributed by atoms with Crippen LogP contribution in [0.2, 0.25) is 0 Å². The SMILES string of the molecule is O=C(Nc1ccc([N+](=O)[O-])cc1)N1CCC[C@@H]1c1nc(-c2ccc(F)cc2)no1. The molecule has 10 heteroatoms. The number of halogens is 1. The molecule has 3 aromatic rings. The number of rotatable bonds is 4. The van der Waals surface area contributed by atoms with Gasteiger partial charge in [0.15, 0.2) is 0 Å². The number of hydrogen-bond donors (Lipinski definition) is 1. The molecule has 0 bridgehead atoms. The first-order valence-electron chi connectivity index (χ1n) is 8.93. The highest BCUT2D eigenvalue weighted by molar-refractivity contribution is 5.89. The lowest BCUT2D eigenvalue weighted by molar-refractivity contribution is -0.384. The number of anilines is 1. The third-order valence-electron chi connectivity index (χ3n) is 4.67. The number of nitrogens with one attached hydrogen (secondary N) is 1. The normalized spacial score (nSPS) is 16.0. The van der Waals surface area contributed by atoms with Gasteiger partial charge in [0.05, 0.1) is 4.92 Å². The fourth-order valence-electron chi connectivity index (χ4n) is 3.22. The first-order chi connectivity index (χ1) is 14.0. The van der Waals surface area contributed by atoms with Crippen LogP contribution in [0.1, 0.15) is 24.8 Å². The van der Waals surface area contributed by atoms with Crippen molar-refractivity contribution in [2.24, 2.45) is 0 Å². The van der Waals surface area contributed by atoms with Crippen molar-refractivity contribution in [3.8, 4) is 11.4 Å². The number of amides is 2. The van der Waals surface area contributed by atoms with E-state index in [0.717, 1.165) is 6.42 Å². The number of aromatic nitrogens is 2. The summed E-state index contributed by atoms with van der Waals surface area (Å²) in [5.41, 5.74) is 1.01. The Morgan fingerprint density at radius 1 is 1.21 bits per heavy atom. The van der Waals surface area contributed by atoms with Crippen LogP contribution >= 0.6 is 0 Å². The van der Waals surface area contributed by atoms with E-state index in [4.69, 9.17) is 4.52 Å². The minimum Gasteiger partial charge on any atom is -0.337 e. The maximum absolute atomic E-state index is 13.1. The van der Waals surface area contributed by atoms with Gasteiger partial charge in [-0.3, -0.25) is 10.1 Å². The summed E-state index contributed by atoms with van der Waals surface area (Å²) in [5.74, 6) is 0.269. The van der Waals surface area contributed by atoms with E-state index in [0.29, 0.717) is 35.9 Å². The minimum atomic E-state index is -0.504. The molecule has 0 spiro atoms. The lowest BCUT2D eigenvalue weighted by Crippen LogP contribution is -2.34. The number of carbonyl (C=O) groups is 1. The Hall–Kier alpha value is -3.82. The minimum absolute atomic E-state index is 0.0544. The van der Waals surface area contributed by atoms with Crippen molar-refractivity contribution in [3.05, 3.63) is 70.4 Å². The number of likely N-dealkylation sites (tertiary alicyclic amines) is 1. The van der Waals surface area contributed by atoms with Crippen molar-refractivity contribution in [2.45, 2.75) is 18.9 Å². The van der Waals surface area contributed by atoms with E-state index < -0.39 is 4.92 Å². The lowest BCUT2D eigenvalue weighted by atomic mass is 10.2. The Morgan fingerprint density at radius 3 is 2.62 bits per heavy atom. The molecule has 1 aliphatic rings. The van der Waals surface area contributed by atoms with Crippen molar-refractivity contribution in [1.82, 2.24) is 15.0 Å². The molecule has 9 nitrogen and oxygen atoms in total. The number of nitro benzene ring substituents is 1. The van der Waals surface area contributed by atoms with E-state index >= 15 is 0 Å². The van der Waals surface area contributed by atoms with Crippen LogP contribution in [0.15, 0.2) is 53.1 Å². The molecule has 1 aliphatic heterocycles. The molecular weight excluding hydrogens is 381 g/mol. The molecule has 2 aromatic carbocycles. The van der Waals surface area contributed by atoms with Crippen molar-refractivity contribution in [2.75, 3.05) is 11.9 Å². The summed E-state index contributed by atoms with van der Waals surface area (Å²) in [4.78, 5) is 28.9. The van der Waals surface area contributed by atoms with Crippen molar-refractivity contribution in [3.63, 3.8) is 0 Å². The molecule has 29 heavy (non-hydrogen) atoms. The van der Waals surface area contributed by atoms with E-state index in [1.807, 2.05) is 0 Å². The van der Waals surface area contributed by atoms with E-state index in [1.165, 1.54) is 36.4 Å². The number of benzene rings is 2. The van der Waals surface area contributed by atoms with Crippen LogP contribution in [0.4, 0.5) is 20.6 Å². The highest BCUT2D eigenvalue weighted by Gasteiger charge is 2.34. The smallest absolute Gasteiger partial charge is 0.322 e. The predicted molar refractivity (Wildman–Crippen MR) is 100 cm³/mol. The molecule has 0 radical (unpaired) electrons. The molecule has 148 valence electrons. The predicted octanol–water partition coefficient (Wildman–Crippen LogP) is 4.15. The number of nitro groups is 1. The third-order valence-corrected chi connectivity index (χ3v) is 4.67. The molecule has 0 unspecified atom stereocenters. The number of hydrogen-bond acceptors (Lipinski definition) is 6. The summed E-state index contributed by atoms with van der Waals surface area (Å²) >= 11 is 0. The van der Waals surface area contributed by atoms with Gasteiger partial charge in [-0.2, -0.15) is 4.98 Å². The second-order valence-electron chi connectivity index (χ2n) is 6.55. The zero-order chi connectivity index (χ0) is 20.4. The molecule has 0 aliphatic carbocycles. The number of non-ortho nitro benzene ring substituents is 1. The van der Waals surface area contributed by atoms with Crippen LogP contribution in [0.25, 0.3) is 11.4 Å². The lowest BCUT2D eigenvalue weighted by Gasteiger charge is -2.22. The van der Waals surface area contributed by atoms with Crippen molar-refractivity contribution < 1.29 is 18.6 Å². The van der Waals surface area contributed by atoms with Crippen LogP contribution in [-0.4, -0.2) is 32.5 Å². The summed E-state index contributed by atoms with van der Waals surface area (Å²) in [6.45, 7) is 0.512. The van der Waals surface area contributed by atoms with Gasteiger partial charge in [-0.25, -0.2) is 9.18 Å². The van der Waals surface area contributed by atoms with Crippen molar-refractivity contribution >= 4 is 17.4 Å². The number of carbonyl (C=O) groups excluding carboxylic acids is 1. The van der Waals surface area contributed by atoms with Gasteiger partial charge >= 0.3 is 6.03 Å². The Labute approximate surface area is 164 Å². The first-order valence-corrected chi connectivity index (χ1v) is 8.93. The highest BCUT2D eigenvalue weighted by atomic mass is 19.1. The standard InChI is InChI=1S/C19H16FN5O4/c20-13-5-3-12(4-6-13)17-22-18(29-23-17)16-2-1-11-24(16)19(26)21-14-7-9-15(10-8-14)25(27)28/h3-10,16H,1-2,11H2,(H,21,26)/t16-/m1/s1. The third kappa shape index (κ3) is 3.91. The Morgan fingerprint density at radius 2 is 1.93 bits per heavy atom. The zero-order valence-electron chi connectivity index (χ0n) is 15.1. The quantitative estimate of drug-likeness (QED) is 0.522. The highest BCUT2D eigenvalue weighted by Crippen LogP contribution is 2.32. The van der Waals surface area contributed by atoms with Gasteiger partial charge in [0, 0.05) is 29.9 Å².